The van der Waals surface area contributed by atoms with Gasteiger partial charge in [-0.1, -0.05) is 6.42 Å². The Kier molecular flexibility index (Phi) is 5.83. The van der Waals surface area contributed by atoms with E-state index in [1.807, 2.05) is 0 Å². The van der Waals surface area contributed by atoms with E-state index in [0.717, 1.165) is 37.6 Å². The molecule has 0 aromatic rings. The number of aliphatic hydroxyl groups excluding tert-OH is 1. The van der Waals surface area contributed by atoms with E-state index in [9.17, 15) is 0 Å². The Morgan fingerprint density at radius 3 is 2.57 bits per heavy atom. The molecule has 0 bridgehead atoms. The van der Waals surface area contributed by atoms with Gasteiger partial charge in [0.2, 0.25) is 0 Å². The molecule has 0 unspecified atom stereocenters. The second-order valence-electron chi connectivity index (χ2n) is 4.50. The first-order valence-electron chi connectivity index (χ1n) is 5.65. The summed E-state index contributed by atoms with van der Waals surface area (Å²) in [6, 6.07) is 0. The van der Waals surface area contributed by atoms with E-state index in [4.69, 9.17) is 16.7 Å². The van der Waals surface area contributed by atoms with Crippen LogP contribution in [0.1, 0.15) is 32.1 Å². The summed E-state index contributed by atoms with van der Waals surface area (Å²) in [5.74, 6) is 1.53. The van der Waals surface area contributed by atoms with Crippen molar-refractivity contribution < 1.29 is 5.11 Å². The van der Waals surface area contributed by atoms with Crippen LogP contribution in [-0.2, 0) is 0 Å². The number of aliphatic hydroxyl groups is 1. The van der Waals surface area contributed by atoms with Gasteiger partial charge in [0.15, 0.2) is 0 Å². The molecule has 1 N–H and O–H groups in total. The summed E-state index contributed by atoms with van der Waals surface area (Å²) in [5, 5.41) is 9.14. The molecule has 0 heterocycles. The van der Waals surface area contributed by atoms with E-state index >= 15 is 0 Å². The Morgan fingerprint density at radius 1 is 1.29 bits per heavy atom. The lowest BCUT2D eigenvalue weighted by Gasteiger charge is -2.34. The molecule has 2 nitrogen and oxygen atoms in total. The molecular formula is C11H22ClNO. The standard InChI is InChI=1S/C11H22ClNO/c1-13(6-4-2-3-5-12)9-10-7-11(14)8-10/h10-11,14H,2-9H2,1H3. The molecule has 0 aliphatic heterocycles. The highest BCUT2D eigenvalue weighted by atomic mass is 35.5. The molecule has 1 rings (SSSR count). The van der Waals surface area contributed by atoms with Gasteiger partial charge in [0, 0.05) is 12.4 Å². The predicted octanol–water partition coefficient (Wildman–Crippen LogP) is 2.10. The Labute approximate surface area is 92.2 Å². The summed E-state index contributed by atoms with van der Waals surface area (Å²) < 4.78 is 0. The first-order valence-corrected chi connectivity index (χ1v) is 6.18. The van der Waals surface area contributed by atoms with Crippen molar-refractivity contribution in [3.05, 3.63) is 0 Å². The number of rotatable bonds is 7. The number of hydrogen-bond acceptors (Lipinski definition) is 2. The normalized spacial score (nSPS) is 26.6. The van der Waals surface area contributed by atoms with Gasteiger partial charge in [0.25, 0.3) is 0 Å². The fourth-order valence-electron chi connectivity index (χ4n) is 2.03. The molecule has 3 heteroatoms. The number of halogens is 1. The van der Waals surface area contributed by atoms with Crippen LogP contribution in [0, 0.1) is 5.92 Å². The molecule has 0 saturated heterocycles. The maximum atomic E-state index is 9.14. The van der Waals surface area contributed by atoms with Crippen LogP contribution in [0.15, 0.2) is 0 Å². The van der Waals surface area contributed by atoms with Gasteiger partial charge in [0.05, 0.1) is 6.10 Å². The summed E-state index contributed by atoms with van der Waals surface area (Å²) >= 11 is 5.61. The Balaban J connectivity index is 1.91. The Morgan fingerprint density at radius 2 is 2.00 bits per heavy atom. The third kappa shape index (κ3) is 4.63. The summed E-state index contributed by atoms with van der Waals surface area (Å²) in [7, 11) is 2.17. The quantitative estimate of drug-likeness (QED) is 0.524. The Bertz CT molecular complexity index is 148. The molecule has 1 saturated carbocycles. The van der Waals surface area contributed by atoms with Crippen LogP contribution in [0.4, 0.5) is 0 Å². The van der Waals surface area contributed by atoms with Gasteiger partial charge in [0.1, 0.15) is 0 Å². The molecule has 0 aromatic heterocycles. The maximum absolute atomic E-state index is 9.14. The molecular weight excluding hydrogens is 198 g/mol. The van der Waals surface area contributed by atoms with Crippen LogP contribution in [0.25, 0.3) is 0 Å². The molecule has 1 fully saturated rings. The van der Waals surface area contributed by atoms with E-state index in [2.05, 4.69) is 11.9 Å². The fraction of sp³-hybridized carbons (Fsp3) is 1.00. The summed E-state index contributed by atoms with van der Waals surface area (Å²) in [6.07, 6.45) is 5.62. The maximum Gasteiger partial charge on any atom is 0.0546 e. The van der Waals surface area contributed by atoms with Crippen LogP contribution in [-0.4, -0.2) is 42.1 Å². The van der Waals surface area contributed by atoms with Crippen LogP contribution in [0.2, 0.25) is 0 Å². The Hall–Kier alpha value is 0.210. The highest BCUT2D eigenvalue weighted by Crippen LogP contribution is 2.27. The first kappa shape index (κ1) is 12.3. The summed E-state index contributed by atoms with van der Waals surface area (Å²) in [6.45, 7) is 2.32. The average Bonchev–Trinajstić information content (AvgIpc) is 2.10. The minimum absolute atomic E-state index is 0.00958. The molecule has 0 spiro atoms. The SMILES string of the molecule is CN(CCCCCCl)CC1CC(O)C1. The van der Waals surface area contributed by atoms with Crippen molar-refractivity contribution in [1.29, 1.82) is 0 Å². The molecule has 0 aromatic carbocycles. The van der Waals surface area contributed by atoms with E-state index in [1.54, 1.807) is 0 Å². The van der Waals surface area contributed by atoms with Gasteiger partial charge >= 0.3 is 0 Å². The molecule has 0 amide bonds. The van der Waals surface area contributed by atoms with Gasteiger partial charge in [-0.2, -0.15) is 0 Å². The molecule has 1 aliphatic carbocycles. The number of alkyl halides is 1. The van der Waals surface area contributed by atoms with E-state index in [0.29, 0.717) is 0 Å². The van der Waals surface area contributed by atoms with E-state index in [-0.39, 0.29) is 6.10 Å². The molecule has 14 heavy (non-hydrogen) atoms. The van der Waals surface area contributed by atoms with Crippen molar-refractivity contribution >= 4 is 11.6 Å². The molecule has 0 atom stereocenters. The van der Waals surface area contributed by atoms with E-state index in [1.165, 1.54) is 19.4 Å². The van der Waals surface area contributed by atoms with Crippen molar-refractivity contribution in [2.24, 2.45) is 5.92 Å². The zero-order valence-electron chi connectivity index (χ0n) is 9.08. The van der Waals surface area contributed by atoms with Crippen molar-refractivity contribution in [1.82, 2.24) is 4.90 Å². The lowest BCUT2D eigenvalue weighted by atomic mass is 9.82. The number of hydrogen-bond donors (Lipinski definition) is 1. The number of nitrogens with zero attached hydrogens (tertiary/aromatic N) is 1. The van der Waals surface area contributed by atoms with Crippen molar-refractivity contribution in [3.63, 3.8) is 0 Å². The fourth-order valence-corrected chi connectivity index (χ4v) is 2.22. The van der Waals surface area contributed by atoms with Gasteiger partial charge in [-0.25, -0.2) is 0 Å². The smallest absolute Gasteiger partial charge is 0.0546 e. The van der Waals surface area contributed by atoms with Crippen molar-refractivity contribution in [2.45, 2.75) is 38.2 Å². The third-order valence-corrected chi connectivity index (χ3v) is 3.22. The number of unbranched alkanes of at least 4 members (excludes halogenated alkanes) is 2. The lowest BCUT2D eigenvalue weighted by Crippen LogP contribution is -2.37. The van der Waals surface area contributed by atoms with Gasteiger partial charge in [-0.3, -0.25) is 0 Å². The summed E-state index contributed by atoms with van der Waals surface area (Å²) in [4.78, 5) is 2.38. The third-order valence-electron chi connectivity index (χ3n) is 2.95. The van der Waals surface area contributed by atoms with Gasteiger partial charge in [-0.05, 0) is 45.2 Å². The highest BCUT2D eigenvalue weighted by Gasteiger charge is 2.27. The van der Waals surface area contributed by atoms with Crippen molar-refractivity contribution in [3.8, 4) is 0 Å². The van der Waals surface area contributed by atoms with Crippen LogP contribution < -0.4 is 0 Å². The predicted molar refractivity (Wildman–Crippen MR) is 60.8 cm³/mol. The average molecular weight is 220 g/mol. The van der Waals surface area contributed by atoms with Crippen LogP contribution >= 0.6 is 11.6 Å². The molecule has 84 valence electrons. The van der Waals surface area contributed by atoms with E-state index < -0.39 is 0 Å². The lowest BCUT2D eigenvalue weighted by molar-refractivity contribution is 0.0282. The minimum Gasteiger partial charge on any atom is -0.393 e. The topological polar surface area (TPSA) is 23.5 Å². The largest absolute Gasteiger partial charge is 0.393 e. The van der Waals surface area contributed by atoms with Crippen LogP contribution in [0.5, 0.6) is 0 Å². The molecule has 0 radical (unpaired) electrons. The zero-order chi connectivity index (χ0) is 10.4. The monoisotopic (exact) mass is 219 g/mol. The van der Waals surface area contributed by atoms with Crippen molar-refractivity contribution in [2.75, 3.05) is 26.0 Å². The second kappa shape index (κ2) is 6.65. The zero-order valence-corrected chi connectivity index (χ0v) is 9.84. The minimum atomic E-state index is -0.00958. The summed E-state index contributed by atoms with van der Waals surface area (Å²) in [5.41, 5.74) is 0. The van der Waals surface area contributed by atoms with Crippen LogP contribution in [0.3, 0.4) is 0 Å². The molecule has 1 aliphatic rings. The highest BCUT2D eigenvalue weighted by molar-refractivity contribution is 6.17. The van der Waals surface area contributed by atoms with Gasteiger partial charge in [-0.15, -0.1) is 11.6 Å². The van der Waals surface area contributed by atoms with Gasteiger partial charge < -0.3 is 10.0 Å². The first-order chi connectivity index (χ1) is 6.72. The second-order valence-corrected chi connectivity index (χ2v) is 4.88.